The zero-order valence-electron chi connectivity index (χ0n) is 12.8. The highest BCUT2D eigenvalue weighted by Crippen LogP contribution is 2.19. The lowest BCUT2D eigenvalue weighted by Gasteiger charge is -2.16. The molecule has 1 saturated heterocycles. The van der Waals surface area contributed by atoms with E-state index < -0.39 is 0 Å². The molecule has 6 heteroatoms. The number of nitrogen functional groups attached to an aromatic ring is 1. The van der Waals surface area contributed by atoms with Crippen LogP contribution in [0.1, 0.15) is 29.4 Å². The van der Waals surface area contributed by atoms with E-state index in [2.05, 4.69) is 11.9 Å². The molecule has 2 N–H and O–H groups in total. The molecule has 2 rings (SSSR count). The lowest BCUT2D eigenvalue weighted by Crippen LogP contribution is -2.30. The third-order valence-electron chi connectivity index (χ3n) is 3.76. The van der Waals surface area contributed by atoms with Crippen LogP contribution in [0.25, 0.3) is 0 Å². The zero-order chi connectivity index (χ0) is 15.4. The monoisotopic (exact) mass is 293 g/mol. The number of aromatic nitrogens is 1. The van der Waals surface area contributed by atoms with Crippen LogP contribution >= 0.6 is 0 Å². The Labute approximate surface area is 125 Å². The predicted molar refractivity (Wildman–Crippen MR) is 80.1 cm³/mol. The fraction of sp³-hybridized carbons (Fsp3) is 0.600. The Morgan fingerprint density at radius 2 is 1.95 bits per heavy atom. The van der Waals surface area contributed by atoms with Gasteiger partial charge in [0.2, 0.25) is 0 Å². The minimum absolute atomic E-state index is 0.0527. The number of hydrogen-bond donors (Lipinski definition) is 1. The second-order valence-electron chi connectivity index (χ2n) is 5.28. The highest BCUT2D eigenvalue weighted by molar-refractivity contribution is 5.95. The molecule has 1 aliphatic rings. The maximum Gasteiger partial charge on any atom is 0.254 e. The van der Waals surface area contributed by atoms with Gasteiger partial charge < -0.3 is 20.1 Å². The van der Waals surface area contributed by atoms with E-state index in [0.29, 0.717) is 24.5 Å². The van der Waals surface area contributed by atoms with Crippen molar-refractivity contribution in [3.05, 3.63) is 23.4 Å². The standard InChI is InChI=1S/C15H23N3O3/c1-4-5-11-6-10(7-14(16)17-11)15(19)18-8-12(20-2)13(9-18)21-3/h6-7,12-13H,4-5,8-9H2,1-3H3,(H2,16,17). The number of amides is 1. The number of nitrogens with zero attached hydrogens (tertiary/aromatic N) is 2. The molecule has 1 aliphatic heterocycles. The molecular weight excluding hydrogens is 270 g/mol. The number of carbonyl (C=O) groups excluding carboxylic acids is 1. The fourth-order valence-electron chi connectivity index (χ4n) is 2.66. The Hall–Kier alpha value is -1.66. The van der Waals surface area contributed by atoms with Gasteiger partial charge in [-0.25, -0.2) is 4.98 Å². The van der Waals surface area contributed by atoms with Crippen molar-refractivity contribution < 1.29 is 14.3 Å². The number of anilines is 1. The van der Waals surface area contributed by atoms with Gasteiger partial charge in [-0.3, -0.25) is 4.79 Å². The summed E-state index contributed by atoms with van der Waals surface area (Å²) in [6.45, 7) is 3.12. The molecule has 2 unspecified atom stereocenters. The van der Waals surface area contributed by atoms with Gasteiger partial charge in [-0.1, -0.05) is 13.3 Å². The molecule has 0 radical (unpaired) electrons. The van der Waals surface area contributed by atoms with Crippen LogP contribution in [0, 0.1) is 0 Å². The van der Waals surface area contributed by atoms with Gasteiger partial charge >= 0.3 is 0 Å². The summed E-state index contributed by atoms with van der Waals surface area (Å²) >= 11 is 0. The van der Waals surface area contributed by atoms with E-state index in [4.69, 9.17) is 15.2 Å². The summed E-state index contributed by atoms with van der Waals surface area (Å²) in [6, 6.07) is 3.45. The summed E-state index contributed by atoms with van der Waals surface area (Å²) in [7, 11) is 3.27. The van der Waals surface area contributed by atoms with Crippen molar-refractivity contribution in [2.45, 2.75) is 32.0 Å². The molecule has 1 fully saturated rings. The first-order valence-corrected chi connectivity index (χ1v) is 7.20. The number of carbonyl (C=O) groups is 1. The Morgan fingerprint density at radius 1 is 1.33 bits per heavy atom. The van der Waals surface area contributed by atoms with E-state index in [-0.39, 0.29) is 18.1 Å². The van der Waals surface area contributed by atoms with Crippen LogP contribution in [0.2, 0.25) is 0 Å². The average molecular weight is 293 g/mol. The molecule has 116 valence electrons. The van der Waals surface area contributed by atoms with E-state index in [1.54, 1.807) is 25.2 Å². The second kappa shape index (κ2) is 6.87. The van der Waals surface area contributed by atoms with Crippen LogP contribution in [-0.4, -0.2) is 55.3 Å². The number of pyridine rings is 1. The summed E-state index contributed by atoms with van der Waals surface area (Å²) in [5, 5.41) is 0. The van der Waals surface area contributed by atoms with Gasteiger partial charge in [0.25, 0.3) is 5.91 Å². The van der Waals surface area contributed by atoms with Crippen molar-refractivity contribution in [2.75, 3.05) is 33.0 Å². The van der Waals surface area contributed by atoms with Crippen LogP contribution in [-0.2, 0) is 15.9 Å². The molecule has 2 heterocycles. The maximum absolute atomic E-state index is 12.6. The normalized spacial score (nSPS) is 21.8. The second-order valence-corrected chi connectivity index (χ2v) is 5.28. The Balaban J connectivity index is 2.17. The molecule has 21 heavy (non-hydrogen) atoms. The first-order chi connectivity index (χ1) is 10.1. The maximum atomic E-state index is 12.6. The van der Waals surface area contributed by atoms with Crippen molar-refractivity contribution in [2.24, 2.45) is 0 Å². The van der Waals surface area contributed by atoms with E-state index in [9.17, 15) is 4.79 Å². The highest BCUT2D eigenvalue weighted by Gasteiger charge is 2.35. The number of likely N-dealkylation sites (tertiary alicyclic amines) is 1. The largest absolute Gasteiger partial charge is 0.384 e. The number of hydrogen-bond acceptors (Lipinski definition) is 5. The molecule has 2 atom stereocenters. The van der Waals surface area contributed by atoms with E-state index in [1.807, 2.05) is 6.07 Å². The summed E-state index contributed by atoms with van der Waals surface area (Å²) in [5.74, 6) is 0.332. The molecule has 1 aromatic heterocycles. The molecule has 6 nitrogen and oxygen atoms in total. The Bertz CT molecular complexity index is 495. The Morgan fingerprint density at radius 3 is 2.48 bits per heavy atom. The van der Waals surface area contributed by atoms with E-state index in [1.165, 1.54) is 0 Å². The van der Waals surface area contributed by atoms with Gasteiger partial charge in [0.15, 0.2) is 0 Å². The van der Waals surface area contributed by atoms with E-state index >= 15 is 0 Å². The van der Waals surface area contributed by atoms with E-state index in [0.717, 1.165) is 18.5 Å². The van der Waals surface area contributed by atoms with Crippen LogP contribution in [0.5, 0.6) is 0 Å². The van der Waals surface area contributed by atoms with Crippen molar-refractivity contribution in [1.82, 2.24) is 9.88 Å². The van der Waals surface area contributed by atoms with Gasteiger partial charge in [-0.2, -0.15) is 0 Å². The third kappa shape index (κ3) is 3.51. The van der Waals surface area contributed by atoms with Crippen molar-refractivity contribution in [3.8, 4) is 0 Å². The minimum atomic E-state index is -0.0896. The van der Waals surface area contributed by atoms with Gasteiger partial charge in [0.05, 0.1) is 0 Å². The minimum Gasteiger partial charge on any atom is -0.384 e. The molecule has 1 amide bonds. The highest BCUT2D eigenvalue weighted by atomic mass is 16.5. The molecule has 0 aliphatic carbocycles. The van der Waals surface area contributed by atoms with Gasteiger partial charge in [0, 0.05) is 38.6 Å². The molecule has 1 aromatic rings. The summed E-state index contributed by atoms with van der Waals surface area (Å²) < 4.78 is 10.7. The van der Waals surface area contributed by atoms with Crippen LogP contribution in [0.4, 0.5) is 5.82 Å². The number of nitrogens with two attached hydrogens (primary N) is 1. The summed E-state index contributed by atoms with van der Waals surface area (Å²) in [4.78, 5) is 18.6. The smallest absolute Gasteiger partial charge is 0.254 e. The number of ether oxygens (including phenoxy) is 2. The van der Waals surface area contributed by atoms with Gasteiger partial charge in [-0.15, -0.1) is 0 Å². The molecular formula is C15H23N3O3. The average Bonchev–Trinajstić information content (AvgIpc) is 2.89. The lowest BCUT2D eigenvalue weighted by atomic mass is 10.1. The SMILES string of the molecule is CCCc1cc(C(=O)N2CC(OC)C(OC)C2)cc(N)n1. The quantitative estimate of drug-likeness (QED) is 0.879. The first kappa shape index (κ1) is 15.7. The first-order valence-electron chi connectivity index (χ1n) is 7.20. The number of aryl methyl sites for hydroxylation is 1. The van der Waals surface area contributed by atoms with Crippen molar-refractivity contribution >= 4 is 11.7 Å². The molecule has 0 aromatic carbocycles. The van der Waals surface area contributed by atoms with Crippen LogP contribution < -0.4 is 5.73 Å². The lowest BCUT2D eigenvalue weighted by molar-refractivity contribution is -0.00461. The van der Waals surface area contributed by atoms with Crippen molar-refractivity contribution in [3.63, 3.8) is 0 Å². The fourth-order valence-corrected chi connectivity index (χ4v) is 2.66. The summed E-state index contributed by atoms with van der Waals surface area (Å²) in [5.41, 5.74) is 7.24. The van der Waals surface area contributed by atoms with Crippen molar-refractivity contribution in [1.29, 1.82) is 0 Å². The molecule has 0 bridgehead atoms. The number of methoxy groups -OCH3 is 2. The topological polar surface area (TPSA) is 77.7 Å². The van der Waals surface area contributed by atoms with Crippen LogP contribution in [0.15, 0.2) is 12.1 Å². The third-order valence-corrected chi connectivity index (χ3v) is 3.76. The molecule has 0 saturated carbocycles. The summed E-state index contributed by atoms with van der Waals surface area (Å²) in [6.07, 6.45) is 1.60. The van der Waals surface area contributed by atoms with Gasteiger partial charge in [0.1, 0.15) is 18.0 Å². The van der Waals surface area contributed by atoms with Gasteiger partial charge in [-0.05, 0) is 18.6 Å². The predicted octanol–water partition coefficient (Wildman–Crippen LogP) is 1.10. The van der Waals surface area contributed by atoms with Crippen LogP contribution in [0.3, 0.4) is 0 Å². The Kier molecular flexibility index (Phi) is 5.14. The zero-order valence-corrected chi connectivity index (χ0v) is 12.8. The number of rotatable bonds is 5. The molecule has 0 spiro atoms.